The Morgan fingerprint density at radius 1 is 1.17 bits per heavy atom. The number of carbonyl (C=O) groups is 3. The van der Waals surface area contributed by atoms with Crippen molar-refractivity contribution in [2.75, 3.05) is 6.61 Å². The van der Waals surface area contributed by atoms with Crippen molar-refractivity contribution >= 4 is 50.9 Å². The molecule has 3 rings (SSSR count). The van der Waals surface area contributed by atoms with Gasteiger partial charge in [-0.15, -0.1) is 0 Å². The van der Waals surface area contributed by atoms with Crippen LogP contribution in [0, 0.1) is 0 Å². The molecule has 0 aliphatic carbocycles. The highest BCUT2D eigenvalue weighted by molar-refractivity contribution is 9.10. The molecule has 2 amide bonds. The van der Waals surface area contributed by atoms with Crippen LogP contribution in [-0.2, 0) is 16.1 Å². The van der Waals surface area contributed by atoms with E-state index in [1.54, 1.807) is 24.3 Å². The Morgan fingerprint density at radius 3 is 2.62 bits per heavy atom. The number of benzene rings is 2. The molecule has 2 aromatic carbocycles. The van der Waals surface area contributed by atoms with E-state index in [1.807, 2.05) is 31.2 Å². The Balaban J connectivity index is 1.84. The van der Waals surface area contributed by atoms with Gasteiger partial charge in [-0.1, -0.05) is 40.2 Å². The molecule has 8 heteroatoms. The summed E-state index contributed by atoms with van der Waals surface area (Å²) in [6.07, 6.45) is 1.63. The van der Waals surface area contributed by atoms with Crippen molar-refractivity contribution in [1.29, 1.82) is 0 Å². The van der Waals surface area contributed by atoms with Gasteiger partial charge in [0.2, 0.25) is 0 Å². The first-order valence-electron chi connectivity index (χ1n) is 8.83. The molecule has 0 bridgehead atoms. The van der Waals surface area contributed by atoms with E-state index in [0.717, 1.165) is 21.8 Å². The van der Waals surface area contributed by atoms with E-state index < -0.39 is 5.97 Å². The third-order valence-corrected chi connectivity index (χ3v) is 5.66. The lowest BCUT2D eigenvalue weighted by atomic mass is 10.1. The number of ether oxygens (including phenoxy) is 2. The summed E-state index contributed by atoms with van der Waals surface area (Å²) >= 11 is 4.33. The molecule has 1 fully saturated rings. The van der Waals surface area contributed by atoms with Gasteiger partial charge in [-0.3, -0.25) is 19.3 Å². The number of carbonyl (C=O) groups excluding carboxylic acids is 3. The number of hydrogen-bond donors (Lipinski definition) is 0. The molecule has 1 aliphatic rings. The molecule has 0 aromatic heterocycles. The molecule has 0 radical (unpaired) electrons. The van der Waals surface area contributed by atoms with E-state index in [-0.39, 0.29) is 17.7 Å². The van der Waals surface area contributed by atoms with Gasteiger partial charge in [0.05, 0.1) is 18.1 Å². The number of halogens is 1. The monoisotopic (exact) mass is 475 g/mol. The Bertz CT molecular complexity index is 1000. The van der Waals surface area contributed by atoms with Crippen LogP contribution in [0.4, 0.5) is 4.79 Å². The molecule has 0 saturated carbocycles. The zero-order chi connectivity index (χ0) is 21.0. The van der Waals surface area contributed by atoms with Gasteiger partial charge in [-0.2, -0.15) is 0 Å². The molecule has 0 atom stereocenters. The summed E-state index contributed by atoms with van der Waals surface area (Å²) in [5.74, 6) is -0.105. The highest BCUT2D eigenvalue weighted by Crippen LogP contribution is 2.36. The SMILES string of the molecule is CCOc1cc(/C=C2\SC(=O)N(Cc3ccccc3Br)C2=O)ccc1OC(C)=O. The summed E-state index contributed by atoms with van der Waals surface area (Å²) in [6, 6.07) is 12.4. The molecule has 0 spiro atoms. The van der Waals surface area contributed by atoms with Crippen molar-refractivity contribution in [3.63, 3.8) is 0 Å². The van der Waals surface area contributed by atoms with Crippen molar-refractivity contribution in [3.05, 3.63) is 63.0 Å². The number of hydrogen-bond acceptors (Lipinski definition) is 6. The van der Waals surface area contributed by atoms with Gasteiger partial charge < -0.3 is 9.47 Å². The Hall–Kier alpha value is -2.58. The minimum Gasteiger partial charge on any atom is -0.490 e. The van der Waals surface area contributed by atoms with Crippen LogP contribution in [0.15, 0.2) is 51.8 Å². The standard InChI is InChI=1S/C21H18BrNO5S/c1-3-27-18-10-14(8-9-17(18)28-13(2)24)11-19-20(25)23(21(26)29-19)12-15-6-4-5-7-16(15)22/h4-11H,3,12H2,1-2H3/b19-11-. The lowest BCUT2D eigenvalue weighted by Gasteiger charge is -2.13. The minimum atomic E-state index is -0.452. The molecule has 2 aromatic rings. The summed E-state index contributed by atoms with van der Waals surface area (Å²) in [7, 11) is 0. The molecule has 6 nitrogen and oxygen atoms in total. The van der Waals surface area contributed by atoms with Crippen LogP contribution in [0.25, 0.3) is 6.08 Å². The second-order valence-corrected chi connectivity index (χ2v) is 7.94. The first kappa shape index (κ1) is 21.1. The maximum absolute atomic E-state index is 12.8. The molecule has 1 aliphatic heterocycles. The van der Waals surface area contributed by atoms with Crippen LogP contribution in [0.1, 0.15) is 25.0 Å². The maximum Gasteiger partial charge on any atom is 0.308 e. The van der Waals surface area contributed by atoms with Gasteiger partial charge in [0.1, 0.15) is 0 Å². The fourth-order valence-corrected chi connectivity index (χ4v) is 3.95. The molecule has 0 unspecified atom stereocenters. The normalized spacial score (nSPS) is 15.1. The molecular formula is C21H18BrNO5S. The maximum atomic E-state index is 12.8. The summed E-state index contributed by atoms with van der Waals surface area (Å²) in [6.45, 7) is 3.71. The van der Waals surface area contributed by atoms with Crippen LogP contribution in [0.2, 0.25) is 0 Å². The zero-order valence-corrected chi connectivity index (χ0v) is 18.2. The fourth-order valence-electron chi connectivity index (χ4n) is 2.71. The largest absolute Gasteiger partial charge is 0.490 e. The molecule has 0 N–H and O–H groups in total. The van der Waals surface area contributed by atoms with Crippen molar-refractivity contribution in [1.82, 2.24) is 4.90 Å². The molecule has 1 saturated heterocycles. The van der Waals surface area contributed by atoms with Crippen LogP contribution < -0.4 is 9.47 Å². The minimum absolute atomic E-state index is 0.193. The summed E-state index contributed by atoms with van der Waals surface area (Å²) in [4.78, 5) is 37.9. The Labute approximate surface area is 181 Å². The van der Waals surface area contributed by atoms with Gasteiger partial charge >= 0.3 is 5.97 Å². The van der Waals surface area contributed by atoms with Gasteiger partial charge in [-0.05, 0) is 54.1 Å². The van der Waals surface area contributed by atoms with E-state index >= 15 is 0 Å². The quantitative estimate of drug-likeness (QED) is 0.332. The lowest BCUT2D eigenvalue weighted by Crippen LogP contribution is -2.27. The van der Waals surface area contributed by atoms with E-state index in [9.17, 15) is 14.4 Å². The molecule has 1 heterocycles. The van der Waals surface area contributed by atoms with Crippen LogP contribution >= 0.6 is 27.7 Å². The summed E-state index contributed by atoms with van der Waals surface area (Å²) in [5, 5.41) is -0.321. The summed E-state index contributed by atoms with van der Waals surface area (Å²) < 4.78 is 11.5. The molecule has 29 heavy (non-hydrogen) atoms. The van der Waals surface area contributed by atoms with Gasteiger partial charge in [0, 0.05) is 11.4 Å². The number of thioether (sulfide) groups is 1. The van der Waals surface area contributed by atoms with Crippen molar-refractivity contribution in [2.24, 2.45) is 0 Å². The van der Waals surface area contributed by atoms with E-state index in [0.29, 0.717) is 28.6 Å². The predicted octanol–water partition coefficient (Wildman–Crippen LogP) is 5.01. The van der Waals surface area contributed by atoms with Gasteiger partial charge in [-0.25, -0.2) is 0 Å². The van der Waals surface area contributed by atoms with Crippen molar-refractivity contribution in [3.8, 4) is 11.5 Å². The second kappa shape index (κ2) is 9.28. The fraction of sp³-hybridized carbons (Fsp3) is 0.190. The average molecular weight is 476 g/mol. The summed E-state index contributed by atoms with van der Waals surface area (Å²) in [5.41, 5.74) is 1.51. The van der Waals surface area contributed by atoms with E-state index in [2.05, 4.69) is 15.9 Å². The average Bonchev–Trinajstić information content (AvgIpc) is 2.93. The third kappa shape index (κ3) is 5.07. The number of imide groups is 1. The Kier molecular flexibility index (Phi) is 6.76. The first-order valence-corrected chi connectivity index (χ1v) is 10.4. The zero-order valence-electron chi connectivity index (χ0n) is 15.8. The topological polar surface area (TPSA) is 72.9 Å². The van der Waals surface area contributed by atoms with Gasteiger partial charge in [0.25, 0.3) is 11.1 Å². The highest BCUT2D eigenvalue weighted by Gasteiger charge is 2.35. The lowest BCUT2D eigenvalue weighted by molar-refractivity contribution is -0.132. The molecular weight excluding hydrogens is 458 g/mol. The number of nitrogens with zero attached hydrogens (tertiary/aromatic N) is 1. The highest BCUT2D eigenvalue weighted by atomic mass is 79.9. The van der Waals surface area contributed by atoms with E-state index in [4.69, 9.17) is 9.47 Å². The Morgan fingerprint density at radius 2 is 1.93 bits per heavy atom. The number of rotatable bonds is 6. The predicted molar refractivity (Wildman–Crippen MR) is 115 cm³/mol. The smallest absolute Gasteiger partial charge is 0.308 e. The second-order valence-electron chi connectivity index (χ2n) is 6.09. The van der Waals surface area contributed by atoms with Crippen LogP contribution in [-0.4, -0.2) is 28.6 Å². The van der Waals surface area contributed by atoms with Crippen LogP contribution in [0.3, 0.4) is 0 Å². The number of amides is 2. The molecule has 150 valence electrons. The van der Waals surface area contributed by atoms with Crippen LogP contribution in [0.5, 0.6) is 11.5 Å². The number of esters is 1. The third-order valence-electron chi connectivity index (χ3n) is 3.98. The van der Waals surface area contributed by atoms with Crippen molar-refractivity contribution < 1.29 is 23.9 Å². The first-order chi connectivity index (χ1) is 13.9. The van der Waals surface area contributed by atoms with Crippen molar-refractivity contribution in [2.45, 2.75) is 20.4 Å². The van der Waals surface area contributed by atoms with E-state index in [1.165, 1.54) is 11.8 Å². The van der Waals surface area contributed by atoms with Gasteiger partial charge in [0.15, 0.2) is 11.5 Å².